The third-order valence-corrected chi connectivity index (χ3v) is 4.85. The monoisotopic (exact) mass is 472 g/mol. The Kier molecular flexibility index (Phi) is 7.27. The molecular weight excluding hydrogens is 456 g/mol. The lowest BCUT2D eigenvalue weighted by atomic mass is 10.2. The summed E-state index contributed by atoms with van der Waals surface area (Å²) in [5, 5.41) is 4.70. The van der Waals surface area contributed by atoms with E-state index in [0.717, 1.165) is 15.6 Å². The standard InChI is InChI=1S/C22H18BrClN2O3/c1-28-19-4-2-3-17(12-19)22(27)26-25-13-16-7-10-21(20(23)11-16)29-14-15-5-8-18(24)9-6-15/h2-13H,14H2,1H3,(H,26,27)/b25-13-. The van der Waals surface area contributed by atoms with E-state index in [1.165, 1.54) is 0 Å². The molecule has 1 N–H and O–H groups in total. The van der Waals surface area contributed by atoms with Gasteiger partial charge >= 0.3 is 0 Å². The predicted molar refractivity (Wildman–Crippen MR) is 118 cm³/mol. The number of benzene rings is 3. The van der Waals surface area contributed by atoms with Crippen LogP contribution in [0.1, 0.15) is 21.5 Å². The summed E-state index contributed by atoms with van der Waals surface area (Å²) in [6.07, 6.45) is 1.56. The summed E-state index contributed by atoms with van der Waals surface area (Å²) in [5.41, 5.74) is 4.80. The van der Waals surface area contributed by atoms with Crippen LogP contribution in [0.3, 0.4) is 0 Å². The van der Waals surface area contributed by atoms with Gasteiger partial charge in [-0.1, -0.05) is 29.8 Å². The van der Waals surface area contributed by atoms with Gasteiger partial charge in [0.05, 0.1) is 17.8 Å². The molecule has 0 aromatic heterocycles. The Morgan fingerprint density at radius 2 is 1.93 bits per heavy atom. The fraction of sp³-hybridized carbons (Fsp3) is 0.0909. The van der Waals surface area contributed by atoms with Gasteiger partial charge in [0.25, 0.3) is 5.91 Å². The van der Waals surface area contributed by atoms with Crippen molar-refractivity contribution in [2.24, 2.45) is 5.10 Å². The number of halogens is 2. The van der Waals surface area contributed by atoms with Crippen LogP contribution in [0.25, 0.3) is 0 Å². The van der Waals surface area contributed by atoms with E-state index in [2.05, 4.69) is 26.5 Å². The summed E-state index contributed by atoms with van der Waals surface area (Å²) in [7, 11) is 1.55. The zero-order valence-corrected chi connectivity index (χ0v) is 17.9. The number of hydrogen-bond acceptors (Lipinski definition) is 4. The van der Waals surface area contributed by atoms with Crippen molar-refractivity contribution in [3.63, 3.8) is 0 Å². The van der Waals surface area contributed by atoms with Crippen LogP contribution in [0, 0.1) is 0 Å². The number of rotatable bonds is 7. The van der Waals surface area contributed by atoms with Crippen LogP contribution in [0.15, 0.2) is 76.3 Å². The molecule has 0 fully saturated rings. The van der Waals surface area contributed by atoms with Crippen LogP contribution in [-0.4, -0.2) is 19.2 Å². The van der Waals surface area contributed by atoms with Gasteiger partial charge in [-0.2, -0.15) is 5.10 Å². The van der Waals surface area contributed by atoms with E-state index in [4.69, 9.17) is 21.1 Å². The Hall–Kier alpha value is -2.83. The smallest absolute Gasteiger partial charge is 0.271 e. The van der Waals surface area contributed by atoms with Crippen molar-refractivity contribution in [1.29, 1.82) is 0 Å². The Balaban J connectivity index is 1.57. The van der Waals surface area contributed by atoms with E-state index in [1.54, 1.807) is 37.6 Å². The van der Waals surface area contributed by atoms with Crippen LogP contribution in [0.2, 0.25) is 5.02 Å². The lowest BCUT2D eigenvalue weighted by Crippen LogP contribution is -2.17. The topological polar surface area (TPSA) is 59.9 Å². The summed E-state index contributed by atoms with van der Waals surface area (Å²) in [6, 6.07) is 19.9. The largest absolute Gasteiger partial charge is 0.497 e. The summed E-state index contributed by atoms with van der Waals surface area (Å²) < 4.78 is 11.7. The third kappa shape index (κ3) is 6.07. The normalized spacial score (nSPS) is 10.7. The fourth-order valence-corrected chi connectivity index (χ4v) is 3.09. The SMILES string of the molecule is COc1cccc(C(=O)N/N=C\c2ccc(OCc3ccc(Cl)cc3)c(Br)c2)c1. The average Bonchev–Trinajstić information content (AvgIpc) is 2.74. The van der Waals surface area contributed by atoms with Gasteiger partial charge in [-0.15, -0.1) is 0 Å². The molecule has 0 bridgehead atoms. The first-order valence-electron chi connectivity index (χ1n) is 8.69. The first-order valence-corrected chi connectivity index (χ1v) is 9.86. The number of ether oxygens (including phenoxy) is 2. The van der Waals surface area contributed by atoms with Crippen molar-refractivity contribution < 1.29 is 14.3 Å². The Morgan fingerprint density at radius 1 is 1.14 bits per heavy atom. The molecule has 0 aliphatic carbocycles. The molecule has 148 valence electrons. The van der Waals surface area contributed by atoms with Crippen molar-refractivity contribution in [3.8, 4) is 11.5 Å². The van der Waals surface area contributed by atoms with Gasteiger partial charge < -0.3 is 9.47 Å². The fourth-order valence-electron chi connectivity index (χ4n) is 2.45. The number of hydrogen-bond donors (Lipinski definition) is 1. The van der Waals surface area contributed by atoms with Crippen molar-refractivity contribution >= 4 is 39.7 Å². The minimum absolute atomic E-state index is 0.317. The zero-order valence-electron chi connectivity index (χ0n) is 15.6. The molecule has 0 aliphatic heterocycles. The molecule has 3 rings (SSSR count). The van der Waals surface area contributed by atoms with Crippen molar-refractivity contribution in [2.45, 2.75) is 6.61 Å². The molecule has 0 unspecified atom stereocenters. The Bertz CT molecular complexity index is 1020. The maximum absolute atomic E-state index is 12.1. The highest BCUT2D eigenvalue weighted by Crippen LogP contribution is 2.26. The van der Waals surface area contributed by atoms with Gasteiger partial charge in [0.1, 0.15) is 18.1 Å². The quantitative estimate of drug-likeness (QED) is 0.366. The summed E-state index contributed by atoms with van der Waals surface area (Å²) in [5.74, 6) is 0.999. The van der Waals surface area contributed by atoms with Crippen LogP contribution in [0.4, 0.5) is 0 Å². The van der Waals surface area contributed by atoms with Gasteiger partial charge in [0.2, 0.25) is 0 Å². The van der Waals surface area contributed by atoms with Crippen molar-refractivity contribution in [2.75, 3.05) is 7.11 Å². The van der Waals surface area contributed by atoms with E-state index in [9.17, 15) is 4.79 Å². The van der Waals surface area contributed by atoms with Crippen molar-refractivity contribution in [3.05, 3.63) is 92.9 Å². The first-order chi connectivity index (χ1) is 14.0. The summed E-state index contributed by atoms with van der Waals surface area (Å²) >= 11 is 9.39. The second-order valence-electron chi connectivity index (χ2n) is 6.04. The molecule has 0 radical (unpaired) electrons. The molecule has 3 aromatic rings. The lowest BCUT2D eigenvalue weighted by Gasteiger charge is -2.09. The van der Waals surface area contributed by atoms with Crippen LogP contribution < -0.4 is 14.9 Å². The molecule has 3 aromatic carbocycles. The predicted octanol–water partition coefficient (Wildman–Crippen LogP) is 5.45. The highest BCUT2D eigenvalue weighted by molar-refractivity contribution is 9.10. The van der Waals surface area contributed by atoms with E-state index in [0.29, 0.717) is 28.7 Å². The molecule has 0 spiro atoms. The number of carbonyl (C=O) groups is 1. The second kappa shape index (κ2) is 10.1. The highest BCUT2D eigenvalue weighted by atomic mass is 79.9. The molecule has 0 saturated carbocycles. The van der Waals surface area contributed by atoms with Gasteiger partial charge in [-0.25, -0.2) is 5.43 Å². The van der Waals surface area contributed by atoms with E-state index < -0.39 is 0 Å². The molecule has 7 heteroatoms. The molecule has 5 nitrogen and oxygen atoms in total. The van der Waals surface area contributed by atoms with E-state index in [-0.39, 0.29) is 5.91 Å². The van der Waals surface area contributed by atoms with Gasteiger partial charge in [0, 0.05) is 10.6 Å². The second-order valence-corrected chi connectivity index (χ2v) is 7.33. The van der Waals surface area contributed by atoms with E-state index >= 15 is 0 Å². The minimum Gasteiger partial charge on any atom is -0.497 e. The average molecular weight is 474 g/mol. The maximum atomic E-state index is 12.1. The molecule has 0 saturated heterocycles. The minimum atomic E-state index is -0.317. The number of amides is 1. The van der Waals surface area contributed by atoms with Crippen LogP contribution >= 0.6 is 27.5 Å². The number of nitrogens with zero attached hydrogens (tertiary/aromatic N) is 1. The van der Waals surface area contributed by atoms with Gasteiger partial charge in [-0.3, -0.25) is 4.79 Å². The third-order valence-electron chi connectivity index (χ3n) is 3.98. The summed E-state index contributed by atoms with van der Waals surface area (Å²) in [6.45, 7) is 0.430. The maximum Gasteiger partial charge on any atom is 0.271 e. The first kappa shape index (κ1) is 20.9. The molecule has 1 amide bonds. The zero-order chi connectivity index (χ0) is 20.6. The number of carbonyl (C=O) groups excluding carboxylic acids is 1. The van der Waals surface area contributed by atoms with Gasteiger partial charge in [-0.05, 0) is 75.6 Å². The van der Waals surface area contributed by atoms with Crippen molar-refractivity contribution in [1.82, 2.24) is 5.43 Å². The highest BCUT2D eigenvalue weighted by Gasteiger charge is 2.06. The molecule has 0 atom stereocenters. The van der Waals surface area contributed by atoms with E-state index in [1.807, 2.05) is 42.5 Å². The molecular formula is C22H18BrClN2O3. The number of methoxy groups -OCH3 is 1. The van der Waals surface area contributed by atoms with Crippen LogP contribution in [-0.2, 0) is 6.61 Å². The van der Waals surface area contributed by atoms with Crippen LogP contribution in [0.5, 0.6) is 11.5 Å². The molecule has 0 heterocycles. The molecule has 29 heavy (non-hydrogen) atoms. The molecule has 0 aliphatic rings. The Morgan fingerprint density at radius 3 is 2.66 bits per heavy atom. The summed E-state index contributed by atoms with van der Waals surface area (Å²) in [4.78, 5) is 12.1. The lowest BCUT2D eigenvalue weighted by molar-refractivity contribution is 0.0955. The Labute approximate surface area is 182 Å². The number of nitrogens with one attached hydrogen (secondary N) is 1. The van der Waals surface area contributed by atoms with Gasteiger partial charge in [0.15, 0.2) is 0 Å². The number of hydrazone groups is 1.